The zero-order valence-corrected chi connectivity index (χ0v) is 10.8. The molecule has 1 atom stereocenters. The fraction of sp³-hybridized carbons (Fsp3) is 0.417. The molecule has 1 heterocycles. The molecule has 6 heteroatoms. The van der Waals surface area contributed by atoms with Crippen LogP contribution in [0.4, 0.5) is 0 Å². The van der Waals surface area contributed by atoms with Crippen molar-refractivity contribution in [3.05, 3.63) is 29.8 Å². The third-order valence-corrected chi connectivity index (χ3v) is 3.98. The van der Waals surface area contributed by atoms with Crippen LogP contribution in [0, 0.1) is 6.92 Å². The van der Waals surface area contributed by atoms with Crippen molar-refractivity contribution >= 4 is 16.1 Å². The average Bonchev–Trinajstić information content (AvgIpc) is 2.73. The van der Waals surface area contributed by atoms with E-state index in [2.05, 4.69) is 0 Å². The Kier molecular flexibility index (Phi) is 3.68. The minimum absolute atomic E-state index is 0.109. The van der Waals surface area contributed by atoms with Gasteiger partial charge in [0.05, 0.1) is 4.90 Å². The standard InChI is InChI=1S/C12H14O5S/c1-9-2-5-11(6-3-9)18(14,15)16-8-10-4-7-12(13)17-10/h2-3,5-6,10H,4,7-8H2,1H3. The Balaban J connectivity index is 1.99. The van der Waals surface area contributed by atoms with Crippen molar-refractivity contribution in [2.45, 2.75) is 30.8 Å². The van der Waals surface area contributed by atoms with Crippen molar-refractivity contribution in [3.8, 4) is 0 Å². The van der Waals surface area contributed by atoms with Crippen LogP contribution in [0.1, 0.15) is 18.4 Å². The fourth-order valence-electron chi connectivity index (χ4n) is 1.64. The van der Waals surface area contributed by atoms with Gasteiger partial charge >= 0.3 is 5.97 Å². The molecule has 0 bridgehead atoms. The summed E-state index contributed by atoms with van der Waals surface area (Å²) in [7, 11) is -3.77. The second-order valence-electron chi connectivity index (χ2n) is 4.20. The molecular weight excluding hydrogens is 256 g/mol. The summed E-state index contributed by atoms with van der Waals surface area (Å²) < 4.78 is 33.4. The molecule has 98 valence electrons. The molecule has 1 aliphatic rings. The molecule has 0 radical (unpaired) electrons. The molecule has 1 unspecified atom stereocenters. The minimum atomic E-state index is -3.77. The van der Waals surface area contributed by atoms with E-state index in [0.29, 0.717) is 12.8 Å². The topological polar surface area (TPSA) is 69.7 Å². The maximum atomic E-state index is 11.8. The van der Waals surface area contributed by atoms with E-state index >= 15 is 0 Å². The smallest absolute Gasteiger partial charge is 0.306 e. The monoisotopic (exact) mass is 270 g/mol. The van der Waals surface area contributed by atoms with E-state index in [1.165, 1.54) is 12.1 Å². The number of esters is 1. The van der Waals surface area contributed by atoms with E-state index in [9.17, 15) is 13.2 Å². The van der Waals surface area contributed by atoms with Gasteiger partial charge in [0.15, 0.2) is 0 Å². The van der Waals surface area contributed by atoms with Gasteiger partial charge in [-0.2, -0.15) is 8.42 Å². The Morgan fingerprint density at radius 2 is 2.00 bits per heavy atom. The lowest BCUT2D eigenvalue weighted by Crippen LogP contribution is -2.18. The second kappa shape index (κ2) is 5.07. The Labute approximate surface area is 106 Å². The van der Waals surface area contributed by atoms with Gasteiger partial charge in [-0.1, -0.05) is 17.7 Å². The van der Waals surface area contributed by atoms with E-state index < -0.39 is 16.2 Å². The van der Waals surface area contributed by atoms with Crippen LogP contribution in [0.25, 0.3) is 0 Å². The van der Waals surface area contributed by atoms with Crippen molar-refractivity contribution in [2.75, 3.05) is 6.61 Å². The third-order valence-electron chi connectivity index (χ3n) is 2.69. The molecule has 1 aliphatic heterocycles. The predicted octanol–water partition coefficient (Wildman–Crippen LogP) is 1.41. The highest BCUT2D eigenvalue weighted by Gasteiger charge is 2.26. The first kappa shape index (κ1) is 13.0. The Bertz CT molecular complexity index is 532. The van der Waals surface area contributed by atoms with Crippen molar-refractivity contribution in [1.29, 1.82) is 0 Å². The molecule has 0 aromatic heterocycles. The van der Waals surface area contributed by atoms with Crippen LogP contribution in [-0.4, -0.2) is 27.1 Å². The molecule has 0 aliphatic carbocycles. The Hall–Kier alpha value is -1.40. The Morgan fingerprint density at radius 1 is 1.33 bits per heavy atom. The molecule has 5 nitrogen and oxygen atoms in total. The highest BCUT2D eigenvalue weighted by molar-refractivity contribution is 7.86. The van der Waals surface area contributed by atoms with E-state index in [-0.39, 0.29) is 17.5 Å². The maximum absolute atomic E-state index is 11.8. The van der Waals surface area contributed by atoms with Gasteiger partial charge in [0.2, 0.25) is 0 Å². The summed E-state index contributed by atoms with van der Waals surface area (Å²) in [6.07, 6.45) is 0.360. The van der Waals surface area contributed by atoms with E-state index in [0.717, 1.165) is 5.56 Å². The molecule has 0 N–H and O–H groups in total. The summed E-state index contributed by atoms with van der Waals surface area (Å²) in [6, 6.07) is 6.38. The number of hydrogen-bond acceptors (Lipinski definition) is 5. The van der Waals surface area contributed by atoms with Crippen molar-refractivity contribution in [3.63, 3.8) is 0 Å². The number of benzene rings is 1. The number of carbonyl (C=O) groups excluding carboxylic acids is 1. The van der Waals surface area contributed by atoms with Crippen molar-refractivity contribution < 1.29 is 22.1 Å². The van der Waals surface area contributed by atoms with Crippen LogP contribution in [0.5, 0.6) is 0 Å². The second-order valence-corrected chi connectivity index (χ2v) is 5.82. The van der Waals surface area contributed by atoms with Crippen molar-refractivity contribution in [1.82, 2.24) is 0 Å². The molecule has 0 saturated carbocycles. The first-order valence-electron chi connectivity index (χ1n) is 5.63. The zero-order valence-electron chi connectivity index (χ0n) is 9.96. The van der Waals surface area contributed by atoms with E-state index in [1.54, 1.807) is 12.1 Å². The summed E-state index contributed by atoms with van der Waals surface area (Å²) in [5, 5.41) is 0. The quantitative estimate of drug-likeness (QED) is 0.611. The largest absolute Gasteiger partial charge is 0.460 e. The molecule has 1 fully saturated rings. The first-order valence-corrected chi connectivity index (χ1v) is 7.04. The molecule has 1 saturated heterocycles. The Morgan fingerprint density at radius 3 is 2.56 bits per heavy atom. The number of cyclic esters (lactones) is 1. The lowest BCUT2D eigenvalue weighted by molar-refractivity contribution is -0.142. The molecule has 0 spiro atoms. The lowest BCUT2D eigenvalue weighted by atomic mass is 10.2. The van der Waals surface area contributed by atoms with Gasteiger partial charge in [0, 0.05) is 6.42 Å². The SMILES string of the molecule is Cc1ccc(S(=O)(=O)OCC2CCC(=O)O2)cc1. The molecule has 0 amide bonds. The van der Waals surface area contributed by atoms with Gasteiger partial charge in [0.1, 0.15) is 12.7 Å². The van der Waals surface area contributed by atoms with Crippen LogP contribution in [0.2, 0.25) is 0 Å². The number of rotatable bonds is 4. The van der Waals surface area contributed by atoms with Gasteiger partial charge in [-0.3, -0.25) is 8.98 Å². The summed E-state index contributed by atoms with van der Waals surface area (Å²) in [5.74, 6) is -0.309. The van der Waals surface area contributed by atoms with Crippen LogP contribution < -0.4 is 0 Å². The van der Waals surface area contributed by atoms with Gasteiger partial charge in [-0.15, -0.1) is 0 Å². The van der Waals surface area contributed by atoms with E-state index in [1.807, 2.05) is 6.92 Å². The zero-order chi connectivity index (χ0) is 13.2. The molecule has 1 aromatic rings. The summed E-state index contributed by atoms with van der Waals surface area (Å²) in [4.78, 5) is 11.0. The van der Waals surface area contributed by atoms with Crippen LogP contribution in [-0.2, 0) is 23.8 Å². The van der Waals surface area contributed by atoms with Crippen LogP contribution >= 0.6 is 0 Å². The van der Waals surface area contributed by atoms with Crippen LogP contribution in [0.3, 0.4) is 0 Å². The predicted molar refractivity (Wildman–Crippen MR) is 63.4 cm³/mol. The van der Waals surface area contributed by atoms with Gasteiger partial charge in [0.25, 0.3) is 10.1 Å². The average molecular weight is 270 g/mol. The normalized spacial score (nSPS) is 19.8. The van der Waals surface area contributed by atoms with Crippen molar-refractivity contribution in [2.24, 2.45) is 0 Å². The lowest BCUT2D eigenvalue weighted by Gasteiger charge is -2.10. The van der Waals surface area contributed by atoms with Crippen LogP contribution in [0.15, 0.2) is 29.2 Å². The maximum Gasteiger partial charge on any atom is 0.306 e. The minimum Gasteiger partial charge on any atom is -0.460 e. The number of aryl methyl sites for hydroxylation is 1. The summed E-state index contributed by atoms with van der Waals surface area (Å²) >= 11 is 0. The number of carbonyl (C=O) groups is 1. The molecule has 2 rings (SSSR count). The molecule has 18 heavy (non-hydrogen) atoms. The van der Waals surface area contributed by atoms with E-state index in [4.69, 9.17) is 8.92 Å². The number of hydrogen-bond donors (Lipinski definition) is 0. The first-order chi connectivity index (χ1) is 8.47. The highest BCUT2D eigenvalue weighted by Crippen LogP contribution is 2.18. The summed E-state index contributed by atoms with van der Waals surface area (Å²) in [6.45, 7) is 1.75. The van der Waals surface area contributed by atoms with Gasteiger partial charge in [-0.05, 0) is 25.5 Å². The highest BCUT2D eigenvalue weighted by atomic mass is 32.2. The van der Waals surface area contributed by atoms with Gasteiger partial charge in [-0.25, -0.2) is 0 Å². The number of ether oxygens (including phenoxy) is 1. The van der Waals surface area contributed by atoms with Gasteiger partial charge < -0.3 is 4.74 Å². The molecular formula is C12H14O5S. The third kappa shape index (κ3) is 3.08. The fourth-order valence-corrected chi connectivity index (χ4v) is 2.57. The molecule has 1 aromatic carbocycles. The summed E-state index contributed by atoms with van der Waals surface area (Å²) in [5.41, 5.74) is 0.971.